The van der Waals surface area contributed by atoms with E-state index < -0.39 is 34.4 Å². The number of carboxylic acids is 1. The lowest BCUT2D eigenvalue weighted by molar-refractivity contribution is -0.384. The number of carbonyl (C=O) groups excluding carboxylic acids is 2. The lowest BCUT2D eigenvalue weighted by Crippen LogP contribution is -2.31. The molecule has 0 radical (unpaired) electrons. The minimum atomic E-state index is -1.11. The summed E-state index contributed by atoms with van der Waals surface area (Å²) in [5.74, 6) is -3.39. The van der Waals surface area contributed by atoms with Gasteiger partial charge in [-0.1, -0.05) is 23.7 Å². The molecule has 10 heteroatoms. The number of aliphatic carboxylic acids is 1. The molecule has 1 aliphatic rings. The zero-order chi connectivity index (χ0) is 22.7. The first-order chi connectivity index (χ1) is 14.7. The third-order valence-electron chi connectivity index (χ3n) is 4.84. The Labute approximate surface area is 181 Å². The lowest BCUT2D eigenvalue weighted by atomic mass is 9.95. The summed E-state index contributed by atoms with van der Waals surface area (Å²) >= 11 is 5.87. The van der Waals surface area contributed by atoms with Gasteiger partial charge in [-0.2, -0.15) is 0 Å². The number of amides is 1. The third kappa shape index (κ3) is 4.56. The highest BCUT2D eigenvalue weighted by molar-refractivity contribution is 6.46. The van der Waals surface area contributed by atoms with Crippen LogP contribution in [0, 0.1) is 10.1 Å². The first-order valence-corrected chi connectivity index (χ1v) is 9.59. The molecule has 0 spiro atoms. The van der Waals surface area contributed by atoms with Gasteiger partial charge in [0.05, 0.1) is 16.5 Å². The molecule has 1 atom stereocenters. The summed E-state index contributed by atoms with van der Waals surface area (Å²) in [6, 6.07) is 10.2. The molecule has 3 rings (SSSR count). The van der Waals surface area contributed by atoms with E-state index >= 15 is 0 Å². The van der Waals surface area contributed by atoms with Gasteiger partial charge in [-0.25, -0.2) is 0 Å². The largest absolute Gasteiger partial charge is 0.507 e. The van der Waals surface area contributed by atoms with Crippen LogP contribution in [-0.2, 0) is 14.4 Å². The average molecular weight is 445 g/mol. The van der Waals surface area contributed by atoms with Crippen molar-refractivity contribution in [3.8, 4) is 0 Å². The fourth-order valence-electron chi connectivity index (χ4n) is 3.43. The first kappa shape index (κ1) is 22.0. The second kappa shape index (κ2) is 8.97. The van der Waals surface area contributed by atoms with E-state index in [0.717, 1.165) is 4.90 Å². The number of hydrogen-bond donors (Lipinski definition) is 2. The van der Waals surface area contributed by atoms with Gasteiger partial charge in [0.15, 0.2) is 0 Å². The zero-order valence-electron chi connectivity index (χ0n) is 16.0. The molecule has 9 nitrogen and oxygen atoms in total. The maximum Gasteiger partial charge on any atom is 0.303 e. The monoisotopic (exact) mass is 444 g/mol. The van der Waals surface area contributed by atoms with Crippen LogP contribution in [0.1, 0.15) is 30.0 Å². The first-order valence-electron chi connectivity index (χ1n) is 9.21. The zero-order valence-corrected chi connectivity index (χ0v) is 16.8. The highest BCUT2D eigenvalue weighted by Crippen LogP contribution is 2.40. The van der Waals surface area contributed by atoms with Crippen LogP contribution in [0.25, 0.3) is 5.76 Å². The number of halogens is 1. The SMILES string of the molecule is O=C(O)CCCN1C(=O)C(=O)C(=C(O)c2ccc(Cl)cc2)[C@H]1c1cccc([N+](=O)[O-])c1. The van der Waals surface area contributed by atoms with Crippen LogP contribution < -0.4 is 0 Å². The van der Waals surface area contributed by atoms with Gasteiger partial charge in [-0.15, -0.1) is 0 Å². The molecule has 2 N–H and O–H groups in total. The molecule has 0 saturated carbocycles. The van der Waals surface area contributed by atoms with Crippen LogP contribution in [0.3, 0.4) is 0 Å². The quantitative estimate of drug-likeness (QED) is 0.219. The number of aliphatic hydroxyl groups is 1. The van der Waals surface area contributed by atoms with Gasteiger partial charge in [0.2, 0.25) is 0 Å². The predicted molar refractivity (Wildman–Crippen MR) is 110 cm³/mol. The van der Waals surface area contributed by atoms with Crippen LogP contribution in [0.5, 0.6) is 0 Å². The summed E-state index contributed by atoms with van der Waals surface area (Å²) in [5.41, 5.74) is 0.00543. The number of benzene rings is 2. The van der Waals surface area contributed by atoms with Crippen molar-refractivity contribution < 1.29 is 29.5 Å². The Hall–Kier alpha value is -3.72. The Kier molecular flexibility index (Phi) is 6.36. The molecule has 1 aliphatic heterocycles. The fraction of sp³-hybridized carbons (Fsp3) is 0.190. The molecule has 1 saturated heterocycles. The van der Waals surface area contributed by atoms with Crippen molar-refractivity contribution in [1.29, 1.82) is 0 Å². The minimum Gasteiger partial charge on any atom is -0.507 e. The molecule has 0 unspecified atom stereocenters. The van der Waals surface area contributed by atoms with Gasteiger partial charge in [0.25, 0.3) is 17.4 Å². The molecule has 0 aliphatic carbocycles. The summed E-state index contributed by atoms with van der Waals surface area (Å²) in [6.07, 6.45) is -0.170. The summed E-state index contributed by atoms with van der Waals surface area (Å²) in [7, 11) is 0. The van der Waals surface area contributed by atoms with E-state index in [1.54, 1.807) is 0 Å². The van der Waals surface area contributed by atoms with E-state index in [-0.39, 0.29) is 41.8 Å². The molecule has 160 valence electrons. The van der Waals surface area contributed by atoms with Gasteiger partial charge >= 0.3 is 5.97 Å². The predicted octanol–water partition coefficient (Wildman–Crippen LogP) is 3.53. The van der Waals surface area contributed by atoms with Crippen molar-refractivity contribution in [2.75, 3.05) is 6.54 Å². The van der Waals surface area contributed by atoms with Crippen molar-refractivity contribution in [2.45, 2.75) is 18.9 Å². The molecule has 0 aromatic heterocycles. The highest BCUT2D eigenvalue weighted by atomic mass is 35.5. The number of non-ortho nitro benzene ring substituents is 1. The Bertz CT molecular complexity index is 1100. The maximum absolute atomic E-state index is 12.8. The number of ketones is 1. The van der Waals surface area contributed by atoms with Crippen molar-refractivity contribution in [2.24, 2.45) is 0 Å². The summed E-state index contributed by atoms with van der Waals surface area (Å²) in [6.45, 7) is -0.0817. The van der Waals surface area contributed by atoms with Crippen molar-refractivity contribution >= 4 is 40.7 Å². The molecule has 2 aromatic carbocycles. The Morgan fingerprint density at radius 1 is 1.13 bits per heavy atom. The number of nitro groups is 1. The molecule has 31 heavy (non-hydrogen) atoms. The topological polar surface area (TPSA) is 138 Å². The Morgan fingerprint density at radius 3 is 2.42 bits per heavy atom. The molecule has 2 aromatic rings. The van der Waals surface area contributed by atoms with E-state index in [1.165, 1.54) is 48.5 Å². The summed E-state index contributed by atoms with van der Waals surface area (Å²) in [5, 5.41) is 31.4. The van der Waals surface area contributed by atoms with E-state index in [2.05, 4.69) is 0 Å². The van der Waals surface area contributed by atoms with E-state index in [9.17, 15) is 29.6 Å². The normalized spacial score (nSPS) is 17.7. The molecule has 1 heterocycles. The fourth-order valence-corrected chi connectivity index (χ4v) is 3.56. The standard InChI is InChI=1S/C21H17ClN2O7/c22-14-8-6-12(7-9-14)19(27)17-18(13-3-1-4-15(11-13)24(30)31)23(21(29)20(17)28)10-2-5-16(25)26/h1,3-4,6-9,11,18,27H,2,5,10H2,(H,25,26)/t18-/m1/s1. The van der Waals surface area contributed by atoms with Crippen molar-refractivity contribution in [3.63, 3.8) is 0 Å². The lowest BCUT2D eigenvalue weighted by Gasteiger charge is -2.25. The van der Waals surface area contributed by atoms with Crippen LogP contribution in [0.4, 0.5) is 5.69 Å². The van der Waals surface area contributed by atoms with Crippen LogP contribution in [0.15, 0.2) is 54.1 Å². The molecule has 1 amide bonds. The molecule has 0 bridgehead atoms. The van der Waals surface area contributed by atoms with E-state index in [1.807, 2.05) is 0 Å². The number of hydrogen-bond acceptors (Lipinski definition) is 6. The number of carboxylic acid groups (broad SMARTS) is 1. The number of Topliss-reactive ketones (excluding diaryl/α,β-unsaturated/α-hetero) is 1. The number of aliphatic hydroxyl groups excluding tert-OH is 1. The maximum atomic E-state index is 12.8. The van der Waals surface area contributed by atoms with Gasteiger partial charge in [0.1, 0.15) is 5.76 Å². The number of likely N-dealkylation sites (tertiary alicyclic amines) is 1. The van der Waals surface area contributed by atoms with E-state index in [0.29, 0.717) is 5.02 Å². The second-order valence-corrected chi connectivity index (χ2v) is 7.29. The smallest absolute Gasteiger partial charge is 0.303 e. The van der Waals surface area contributed by atoms with E-state index in [4.69, 9.17) is 16.7 Å². The minimum absolute atomic E-state index is 0.0643. The summed E-state index contributed by atoms with van der Waals surface area (Å²) < 4.78 is 0. The molecular formula is C21H17ClN2O7. The Morgan fingerprint density at radius 2 is 1.81 bits per heavy atom. The van der Waals surface area contributed by atoms with Crippen molar-refractivity contribution in [1.82, 2.24) is 4.90 Å². The van der Waals surface area contributed by atoms with Crippen molar-refractivity contribution in [3.05, 3.63) is 80.4 Å². The second-order valence-electron chi connectivity index (χ2n) is 6.85. The van der Waals surface area contributed by atoms with Gasteiger partial charge in [-0.3, -0.25) is 24.5 Å². The van der Waals surface area contributed by atoms with Gasteiger partial charge in [-0.05, 0) is 36.2 Å². The van der Waals surface area contributed by atoms with Gasteiger partial charge in [0, 0.05) is 35.7 Å². The Balaban J connectivity index is 2.14. The molecular weight excluding hydrogens is 428 g/mol. The number of nitro benzene ring substituents is 1. The molecule has 1 fully saturated rings. The third-order valence-corrected chi connectivity index (χ3v) is 5.10. The highest BCUT2D eigenvalue weighted by Gasteiger charge is 2.46. The van der Waals surface area contributed by atoms with Gasteiger partial charge < -0.3 is 15.1 Å². The number of rotatable bonds is 7. The summed E-state index contributed by atoms with van der Waals surface area (Å²) in [4.78, 5) is 48.1. The van der Waals surface area contributed by atoms with Crippen LogP contribution in [-0.4, -0.2) is 44.2 Å². The number of nitrogens with zero attached hydrogens (tertiary/aromatic N) is 2. The average Bonchev–Trinajstić information content (AvgIpc) is 2.98. The van der Waals surface area contributed by atoms with Crippen LogP contribution in [0.2, 0.25) is 5.02 Å². The van der Waals surface area contributed by atoms with Crippen LogP contribution >= 0.6 is 11.6 Å². The number of carbonyl (C=O) groups is 3.